The number of aromatic nitrogens is 3. The summed E-state index contributed by atoms with van der Waals surface area (Å²) in [5.74, 6) is -1.48. The topological polar surface area (TPSA) is 54.2 Å². The van der Waals surface area contributed by atoms with Crippen molar-refractivity contribution in [1.82, 2.24) is 19.7 Å². The van der Waals surface area contributed by atoms with Gasteiger partial charge in [-0.1, -0.05) is 30.4 Å². The van der Waals surface area contributed by atoms with Gasteiger partial charge in [-0.15, -0.1) is 0 Å². The summed E-state index contributed by atoms with van der Waals surface area (Å²) in [6.07, 6.45) is 10.4. The van der Waals surface area contributed by atoms with E-state index in [9.17, 15) is 13.9 Å². The van der Waals surface area contributed by atoms with Crippen molar-refractivity contribution in [1.29, 1.82) is 0 Å². The fraction of sp³-hybridized carbons (Fsp3) is 0.368. The Balaban J connectivity index is 2.36. The van der Waals surface area contributed by atoms with Crippen LogP contribution >= 0.6 is 0 Å². The van der Waals surface area contributed by atoms with E-state index in [4.69, 9.17) is 0 Å². The molecule has 5 nitrogen and oxygen atoms in total. The molecule has 140 valence electrons. The summed E-state index contributed by atoms with van der Waals surface area (Å²) >= 11 is 0. The van der Waals surface area contributed by atoms with Gasteiger partial charge in [0.25, 0.3) is 0 Å². The maximum absolute atomic E-state index is 14.5. The van der Waals surface area contributed by atoms with Gasteiger partial charge in [-0.2, -0.15) is 5.10 Å². The molecule has 0 fully saturated rings. The molecular formula is C19H24F2N4O. The number of aliphatic hydroxyl groups is 1. The SMILES string of the molecule is C/C=C/C=C/CN(C)[C@H](C)[C@](O)(Cn1cncn1)c1ccc(F)cc1F. The summed E-state index contributed by atoms with van der Waals surface area (Å²) in [6, 6.07) is 2.72. The standard InChI is InChI=1S/C19H24F2N4O/c1-4-5-6-7-10-24(3)15(2)19(26,12-25-14-22-13-23-25)17-9-8-16(20)11-18(17)21/h4-9,11,13-15,26H,10,12H2,1-3H3/b5-4+,7-6+/t15-,19-/m1/s1. The molecule has 1 heterocycles. The van der Waals surface area contributed by atoms with Crippen LogP contribution in [0.3, 0.4) is 0 Å². The second kappa shape index (κ2) is 8.82. The molecule has 1 N–H and O–H groups in total. The Bertz CT molecular complexity index is 761. The largest absolute Gasteiger partial charge is 0.381 e. The molecule has 7 heteroatoms. The molecule has 0 radical (unpaired) electrons. The molecule has 2 aromatic rings. The molecule has 1 aromatic heterocycles. The van der Waals surface area contributed by atoms with Gasteiger partial charge in [-0.3, -0.25) is 4.90 Å². The summed E-state index contributed by atoms with van der Waals surface area (Å²) in [6.45, 7) is 4.25. The average molecular weight is 362 g/mol. The molecule has 0 amide bonds. The van der Waals surface area contributed by atoms with E-state index in [1.54, 1.807) is 6.92 Å². The number of allylic oxidation sites excluding steroid dienone is 3. The average Bonchev–Trinajstić information content (AvgIpc) is 3.10. The van der Waals surface area contributed by atoms with Crippen LogP contribution in [-0.2, 0) is 12.1 Å². The molecule has 0 spiro atoms. The molecule has 0 aliphatic heterocycles. The van der Waals surface area contributed by atoms with Crippen LogP contribution in [0, 0.1) is 11.6 Å². The molecule has 2 atom stereocenters. The monoisotopic (exact) mass is 362 g/mol. The number of halogens is 2. The van der Waals surface area contributed by atoms with Gasteiger partial charge >= 0.3 is 0 Å². The first-order chi connectivity index (χ1) is 12.4. The fourth-order valence-corrected chi connectivity index (χ4v) is 2.78. The maximum atomic E-state index is 14.5. The lowest BCUT2D eigenvalue weighted by Crippen LogP contribution is -2.50. The van der Waals surface area contributed by atoms with Crippen molar-refractivity contribution in [3.63, 3.8) is 0 Å². The van der Waals surface area contributed by atoms with Crippen molar-refractivity contribution >= 4 is 0 Å². The molecular weight excluding hydrogens is 338 g/mol. The third-order valence-electron chi connectivity index (χ3n) is 4.45. The van der Waals surface area contributed by atoms with E-state index in [0.29, 0.717) is 6.54 Å². The van der Waals surface area contributed by atoms with Crippen LogP contribution in [-0.4, -0.2) is 44.4 Å². The van der Waals surface area contributed by atoms with Crippen LogP contribution in [0.1, 0.15) is 19.4 Å². The summed E-state index contributed by atoms with van der Waals surface area (Å²) in [7, 11) is 1.83. The van der Waals surface area contributed by atoms with Crippen molar-refractivity contribution in [3.05, 3.63) is 72.4 Å². The van der Waals surface area contributed by atoms with Crippen LogP contribution in [0.5, 0.6) is 0 Å². The Kier molecular flexibility index (Phi) is 6.76. The zero-order valence-electron chi connectivity index (χ0n) is 15.2. The summed E-state index contributed by atoms with van der Waals surface area (Å²) in [5, 5.41) is 15.4. The van der Waals surface area contributed by atoms with Crippen LogP contribution in [0.25, 0.3) is 0 Å². The Morgan fingerprint density at radius 3 is 2.73 bits per heavy atom. The molecule has 1 aromatic carbocycles. The first-order valence-corrected chi connectivity index (χ1v) is 8.37. The summed E-state index contributed by atoms with van der Waals surface area (Å²) in [5.41, 5.74) is -1.61. The molecule has 0 aliphatic rings. The van der Waals surface area contributed by atoms with E-state index in [1.807, 2.05) is 43.2 Å². The van der Waals surface area contributed by atoms with Crippen molar-refractivity contribution in [2.75, 3.05) is 13.6 Å². The first-order valence-electron chi connectivity index (χ1n) is 8.37. The lowest BCUT2D eigenvalue weighted by molar-refractivity contribution is -0.0543. The van der Waals surface area contributed by atoms with Crippen molar-refractivity contribution < 1.29 is 13.9 Å². The number of benzene rings is 1. The van der Waals surface area contributed by atoms with Gasteiger partial charge in [-0.05, 0) is 27.0 Å². The van der Waals surface area contributed by atoms with Crippen LogP contribution in [0.2, 0.25) is 0 Å². The van der Waals surface area contributed by atoms with Gasteiger partial charge in [0.1, 0.15) is 29.9 Å². The Morgan fingerprint density at radius 1 is 1.35 bits per heavy atom. The van der Waals surface area contributed by atoms with Gasteiger partial charge in [0, 0.05) is 24.2 Å². The highest BCUT2D eigenvalue weighted by Gasteiger charge is 2.40. The third kappa shape index (κ3) is 4.62. The lowest BCUT2D eigenvalue weighted by Gasteiger charge is -2.39. The van der Waals surface area contributed by atoms with Gasteiger partial charge < -0.3 is 5.11 Å². The number of rotatable bonds is 8. The number of nitrogens with zero attached hydrogens (tertiary/aromatic N) is 4. The highest BCUT2D eigenvalue weighted by Crippen LogP contribution is 2.32. The minimum atomic E-state index is -1.63. The predicted molar refractivity (Wildman–Crippen MR) is 96.3 cm³/mol. The maximum Gasteiger partial charge on any atom is 0.137 e. The number of likely N-dealkylation sites (N-methyl/N-ethyl adjacent to an activating group) is 1. The molecule has 0 bridgehead atoms. The van der Waals surface area contributed by atoms with E-state index in [-0.39, 0.29) is 12.1 Å². The second-order valence-corrected chi connectivity index (χ2v) is 6.21. The van der Waals surface area contributed by atoms with Gasteiger partial charge in [0.2, 0.25) is 0 Å². The van der Waals surface area contributed by atoms with Crippen LogP contribution in [0.4, 0.5) is 8.78 Å². The highest BCUT2D eigenvalue weighted by molar-refractivity contribution is 5.27. The fourth-order valence-electron chi connectivity index (χ4n) is 2.78. The Morgan fingerprint density at radius 2 is 2.12 bits per heavy atom. The first kappa shape index (κ1) is 19.9. The van der Waals surface area contributed by atoms with Gasteiger partial charge in [-0.25, -0.2) is 18.4 Å². The molecule has 2 rings (SSSR count). The van der Waals surface area contributed by atoms with Gasteiger partial charge in [0.15, 0.2) is 0 Å². The van der Waals surface area contributed by atoms with E-state index in [1.165, 1.54) is 23.4 Å². The summed E-state index contributed by atoms with van der Waals surface area (Å²) < 4.78 is 29.2. The van der Waals surface area contributed by atoms with E-state index < -0.39 is 23.3 Å². The normalized spacial score (nSPS) is 15.8. The second-order valence-electron chi connectivity index (χ2n) is 6.21. The van der Waals surface area contributed by atoms with E-state index in [2.05, 4.69) is 10.1 Å². The van der Waals surface area contributed by atoms with E-state index >= 15 is 0 Å². The molecule has 0 saturated heterocycles. The predicted octanol–water partition coefficient (Wildman–Crippen LogP) is 2.90. The van der Waals surface area contributed by atoms with Crippen LogP contribution in [0.15, 0.2) is 55.2 Å². The molecule has 0 unspecified atom stereocenters. The Hall–Kier alpha value is -2.38. The number of hydrogen-bond donors (Lipinski definition) is 1. The van der Waals surface area contributed by atoms with Crippen LogP contribution < -0.4 is 0 Å². The van der Waals surface area contributed by atoms with Crippen molar-refractivity contribution in [2.24, 2.45) is 0 Å². The minimum absolute atomic E-state index is 0.0142. The summed E-state index contributed by atoms with van der Waals surface area (Å²) in [4.78, 5) is 5.75. The molecule has 0 aliphatic carbocycles. The third-order valence-corrected chi connectivity index (χ3v) is 4.45. The van der Waals surface area contributed by atoms with Gasteiger partial charge in [0.05, 0.1) is 6.54 Å². The van der Waals surface area contributed by atoms with E-state index in [0.717, 1.165) is 12.1 Å². The van der Waals surface area contributed by atoms with Crippen molar-refractivity contribution in [3.8, 4) is 0 Å². The zero-order chi connectivity index (χ0) is 19.2. The molecule has 26 heavy (non-hydrogen) atoms. The quantitative estimate of drug-likeness (QED) is 0.734. The highest BCUT2D eigenvalue weighted by atomic mass is 19.1. The van der Waals surface area contributed by atoms with Crippen molar-refractivity contribution in [2.45, 2.75) is 32.0 Å². The smallest absolute Gasteiger partial charge is 0.137 e. The number of hydrogen-bond acceptors (Lipinski definition) is 4. The lowest BCUT2D eigenvalue weighted by atomic mass is 9.85. The Labute approximate surface area is 152 Å². The zero-order valence-corrected chi connectivity index (χ0v) is 15.2. The minimum Gasteiger partial charge on any atom is -0.381 e. The molecule has 0 saturated carbocycles.